The average Bonchev–Trinajstić information content (AvgIpc) is 2.90. The molecule has 1 saturated heterocycles. The van der Waals surface area contributed by atoms with Crippen LogP contribution in [0.2, 0.25) is 0 Å². The zero-order valence-electron chi connectivity index (χ0n) is 13.0. The molecule has 21 heavy (non-hydrogen) atoms. The zero-order valence-corrected chi connectivity index (χ0v) is 13.8. The highest BCUT2D eigenvalue weighted by Gasteiger charge is 2.30. The summed E-state index contributed by atoms with van der Waals surface area (Å²) in [5.74, 6) is 0. The topological polar surface area (TPSA) is 51.7 Å². The molecule has 2 rings (SSSR count). The molecular formula is C15H24N2O3S. The Balaban J connectivity index is 1.84. The van der Waals surface area contributed by atoms with Crippen molar-refractivity contribution in [3.8, 4) is 0 Å². The lowest BCUT2D eigenvalue weighted by molar-refractivity contribution is -0.00972. The van der Waals surface area contributed by atoms with Crippen molar-refractivity contribution in [3.63, 3.8) is 0 Å². The number of nitrogens with zero attached hydrogens (tertiary/aromatic N) is 2. The van der Waals surface area contributed by atoms with Gasteiger partial charge in [0.1, 0.15) is 5.60 Å². The highest BCUT2D eigenvalue weighted by atomic mass is 32.1. The van der Waals surface area contributed by atoms with Crippen molar-refractivity contribution in [2.24, 2.45) is 0 Å². The van der Waals surface area contributed by atoms with E-state index in [9.17, 15) is 4.79 Å². The summed E-state index contributed by atoms with van der Waals surface area (Å²) in [5.41, 5.74) is 1.34. The number of rotatable bonds is 4. The Morgan fingerprint density at radius 2 is 2.29 bits per heavy atom. The third kappa shape index (κ3) is 5.28. The van der Waals surface area contributed by atoms with Crippen LogP contribution < -0.4 is 0 Å². The first kappa shape index (κ1) is 16.2. The molecular weight excluding hydrogens is 288 g/mol. The molecule has 118 valence electrons. The Kier molecular flexibility index (Phi) is 5.58. The lowest BCUT2D eigenvalue weighted by atomic mass is 10.0. The van der Waals surface area contributed by atoms with Gasteiger partial charge < -0.3 is 14.4 Å². The molecule has 1 aliphatic rings. The molecule has 0 radical (unpaired) electrons. The van der Waals surface area contributed by atoms with E-state index in [0.717, 1.165) is 30.7 Å². The molecule has 1 fully saturated rings. The van der Waals surface area contributed by atoms with Crippen LogP contribution in [-0.4, -0.2) is 40.8 Å². The van der Waals surface area contributed by atoms with Crippen molar-refractivity contribution in [2.75, 3.05) is 13.2 Å². The predicted octanol–water partition coefficient (Wildman–Crippen LogP) is 3.45. The van der Waals surface area contributed by atoms with Crippen molar-refractivity contribution < 1.29 is 14.3 Å². The first-order chi connectivity index (χ1) is 9.96. The van der Waals surface area contributed by atoms with Gasteiger partial charge in [-0.15, -0.1) is 11.3 Å². The fourth-order valence-corrected chi connectivity index (χ4v) is 2.87. The van der Waals surface area contributed by atoms with Crippen LogP contribution in [-0.2, 0) is 16.1 Å². The van der Waals surface area contributed by atoms with Gasteiger partial charge in [0.25, 0.3) is 0 Å². The summed E-state index contributed by atoms with van der Waals surface area (Å²) < 4.78 is 11.2. The van der Waals surface area contributed by atoms with E-state index in [4.69, 9.17) is 9.47 Å². The normalized spacial score (nSPS) is 19.6. The van der Waals surface area contributed by atoms with Crippen LogP contribution in [0, 0.1) is 0 Å². The number of thiazole rings is 1. The minimum absolute atomic E-state index is 0.113. The minimum Gasteiger partial charge on any atom is -0.444 e. The van der Waals surface area contributed by atoms with Crippen LogP contribution in [0.4, 0.5) is 4.79 Å². The Morgan fingerprint density at radius 1 is 1.48 bits per heavy atom. The van der Waals surface area contributed by atoms with Crippen LogP contribution in [0.1, 0.15) is 44.9 Å². The van der Waals surface area contributed by atoms with Gasteiger partial charge in [-0.3, -0.25) is 4.98 Å². The summed E-state index contributed by atoms with van der Waals surface area (Å²) in [4.78, 5) is 19.2. The first-order valence-electron chi connectivity index (χ1n) is 7.40. The highest BCUT2D eigenvalue weighted by molar-refractivity contribution is 7.09. The summed E-state index contributed by atoms with van der Waals surface area (Å²) >= 11 is 1.58. The van der Waals surface area contributed by atoms with Gasteiger partial charge in [-0.2, -0.15) is 0 Å². The Morgan fingerprint density at radius 3 is 2.95 bits per heavy atom. The maximum atomic E-state index is 12.3. The third-order valence-electron chi connectivity index (χ3n) is 3.29. The molecule has 0 spiro atoms. The summed E-state index contributed by atoms with van der Waals surface area (Å²) in [7, 11) is 0. The van der Waals surface area contributed by atoms with E-state index in [1.807, 2.05) is 31.9 Å². The lowest BCUT2D eigenvalue weighted by Crippen LogP contribution is -2.48. The molecule has 0 aromatic carbocycles. The monoisotopic (exact) mass is 312 g/mol. The fraction of sp³-hybridized carbons (Fsp3) is 0.733. The van der Waals surface area contributed by atoms with Gasteiger partial charge in [0.2, 0.25) is 0 Å². The number of amides is 1. The standard InChI is InChI=1S/C15H24N2O3S/c1-15(2,3)20-14(18)17-7-5-4-6-12(17)9-19-10-13-8-16-11-21-13/h8,11-12H,4-7,9-10H2,1-3H3/t12-/m0/s1. The van der Waals surface area contributed by atoms with Crippen LogP contribution in [0.5, 0.6) is 0 Å². The van der Waals surface area contributed by atoms with Crippen molar-refractivity contribution >= 4 is 17.4 Å². The molecule has 0 unspecified atom stereocenters. The summed E-state index contributed by atoms with van der Waals surface area (Å²) in [6.45, 7) is 7.54. The van der Waals surface area contributed by atoms with E-state index in [0.29, 0.717) is 13.2 Å². The van der Waals surface area contributed by atoms with Crippen LogP contribution in [0.15, 0.2) is 11.7 Å². The van der Waals surface area contributed by atoms with Gasteiger partial charge in [0.15, 0.2) is 0 Å². The summed E-state index contributed by atoms with van der Waals surface area (Å²) in [6.07, 6.45) is 4.73. The maximum Gasteiger partial charge on any atom is 0.410 e. The molecule has 2 heterocycles. The molecule has 1 aromatic heterocycles. The van der Waals surface area contributed by atoms with Gasteiger partial charge in [-0.1, -0.05) is 0 Å². The second-order valence-electron chi connectivity index (χ2n) is 6.31. The quantitative estimate of drug-likeness (QED) is 0.854. The van der Waals surface area contributed by atoms with Crippen molar-refractivity contribution in [1.82, 2.24) is 9.88 Å². The van der Waals surface area contributed by atoms with Crippen molar-refractivity contribution in [3.05, 3.63) is 16.6 Å². The largest absolute Gasteiger partial charge is 0.444 e. The van der Waals surface area contributed by atoms with Crippen molar-refractivity contribution in [1.29, 1.82) is 0 Å². The number of aromatic nitrogens is 1. The lowest BCUT2D eigenvalue weighted by Gasteiger charge is -2.36. The Bertz CT molecular complexity index is 442. The van der Waals surface area contributed by atoms with Crippen LogP contribution in [0.25, 0.3) is 0 Å². The SMILES string of the molecule is CC(C)(C)OC(=O)N1CCCC[C@H]1COCc1cncs1. The molecule has 1 atom stereocenters. The zero-order chi connectivity index (χ0) is 15.3. The number of piperidine rings is 1. The van der Waals surface area contributed by atoms with Gasteiger partial charge in [-0.05, 0) is 40.0 Å². The van der Waals surface area contributed by atoms with Gasteiger partial charge in [-0.25, -0.2) is 4.79 Å². The van der Waals surface area contributed by atoms with Gasteiger partial charge >= 0.3 is 6.09 Å². The number of hydrogen-bond acceptors (Lipinski definition) is 5. The molecule has 1 aromatic rings. The maximum absolute atomic E-state index is 12.3. The number of hydrogen-bond donors (Lipinski definition) is 0. The Labute approximate surface area is 130 Å². The predicted molar refractivity (Wildman–Crippen MR) is 82.3 cm³/mol. The smallest absolute Gasteiger partial charge is 0.410 e. The fourth-order valence-electron chi connectivity index (χ4n) is 2.34. The molecule has 1 amide bonds. The van der Waals surface area contributed by atoms with Crippen LogP contribution >= 0.6 is 11.3 Å². The number of ether oxygens (including phenoxy) is 2. The van der Waals surface area contributed by atoms with Gasteiger partial charge in [0.05, 0.1) is 29.6 Å². The molecule has 0 saturated carbocycles. The molecule has 6 heteroatoms. The number of likely N-dealkylation sites (tertiary alicyclic amines) is 1. The molecule has 1 aliphatic heterocycles. The van der Waals surface area contributed by atoms with Crippen LogP contribution in [0.3, 0.4) is 0 Å². The Hall–Kier alpha value is -1.14. The second-order valence-corrected chi connectivity index (χ2v) is 7.28. The van der Waals surface area contributed by atoms with E-state index in [1.165, 1.54) is 0 Å². The molecule has 0 aliphatic carbocycles. The van der Waals surface area contributed by atoms with E-state index >= 15 is 0 Å². The molecule has 5 nitrogen and oxygen atoms in total. The number of carbonyl (C=O) groups is 1. The minimum atomic E-state index is -0.456. The third-order valence-corrected chi connectivity index (χ3v) is 4.05. The number of carbonyl (C=O) groups excluding carboxylic acids is 1. The molecule has 0 bridgehead atoms. The summed E-state index contributed by atoms with van der Waals surface area (Å²) in [6, 6.07) is 0.113. The van der Waals surface area contributed by atoms with E-state index in [-0.39, 0.29) is 12.1 Å². The van der Waals surface area contributed by atoms with E-state index < -0.39 is 5.60 Å². The van der Waals surface area contributed by atoms with Gasteiger partial charge in [0, 0.05) is 12.7 Å². The average molecular weight is 312 g/mol. The summed E-state index contributed by atoms with van der Waals surface area (Å²) in [5, 5.41) is 0. The second kappa shape index (κ2) is 7.22. The van der Waals surface area contributed by atoms with Crippen molar-refractivity contribution in [2.45, 2.75) is 58.3 Å². The van der Waals surface area contributed by atoms with E-state index in [2.05, 4.69) is 4.98 Å². The highest BCUT2D eigenvalue weighted by Crippen LogP contribution is 2.21. The van der Waals surface area contributed by atoms with E-state index in [1.54, 1.807) is 16.8 Å². The molecule has 0 N–H and O–H groups in total. The first-order valence-corrected chi connectivity index (χ1v) is 8.28.